The number of aromatic nitrogens is 2. The van der Waals surface area contributed by atoms with E-state index in [4.69, 9.17) is 5.11 Å². The van der Waals surface area contributed by atoms with E-state index in [2.05, 4.69) is 10.4 Å². The van der Waals surface area contributed by atoms with Gasteiger partial charge in [0, 0.05) is 39.0 Å². The third-order valence-corrected chi connectivity index (χ3v) is 3.89. The summed E-state index contributed by atoms with van der Waals surface area (Å²) in [5, 5.41) is 16.0. The van der Waals surface area contributed by atoms with E-state index in [-0.39, 0.29) is 18.7 Å². The second-order valence-corrected chi connectivity index (χ2v) is 5.27. The molecule has 0 radical (unpaired) electrons. The number of carbonyl (C=O) groups excluding carboxylic acids is 1. The van der Waals surface area contributed by atoms with Gasteiger partial charge in [0.1, 0.15) is 0 Å². The van der Waals surface area contributed by atoms with Crippen LogP contribution in [-0.4, -0.2) is 45.5 Å². The van der Waals surface area contributed by atoms with Gasteiger partial charge in [0.2, 0.25) is 0 Å². The first kappa shape index (κ1) is 13.9. The van der Waals surface area contributed by atoms with E-state index in [0.29, 0.717) is 11.7 Å². The smallest absolute Gasteiger partial charge is 0.323 e. The van der Waals surface area contributed by atoms with Crippen molar-refractivity contribution in [2.45, 2.75) is 31.7 Å². The Bertz CT molecular complexity index is 424. The fourth-order valence-corrected chi connectivity index (χ4v) is 2.56. The highest BCUT2D eigenvalue weighted by Crippen LogP contribution is 2.26. The lowest BCUT2D eigenvalue weighted by Gasteiger charge is -2.33. The van der Waals surface area contributed by atoms with Crippen molar-refractivity contribution < 1.29 is 9.90 Å². The predicted octanol–water partition coefficient (Wildman–Crippen LogP) is 1.43. The van der Waals surface area contributed by atoms with Gasteiger partial charge in [-0.05, 0) is 31.6 Å². The summed E-state index contributed by atoms with van der Waals surface area (Å²) in [5.41, 5.74) is 0. The Hall–Kier alpha value is -1.56. The molecule has 0 atom stereocenters. The van der Waals surface area contributed by atoms with Crippen molar-refractivity contribution in [1.82, 2.24) is 14.7 Å². The van der Waals surface area contributed by atoms with E-state index >= 15 is 0 Å². The number of amides is 2. The fourth-order valence-electron chi connectivity index (χ4n) is 2.56. The molecule has 0 aliphatic heterocycles. The van der Waals surface area contributed by atoms with Crippen LogP contribution in [0, 0.1) is 5.92 Å². The maximum absolute atomic E-state index is 12.1. The van der Waals surface area contributed by atoms with Crippen molar-refractivity contribution in [3.05, 3.63) is 12.3 Å². The van der Waals surface area contributed by atoms with Crippen LogP contribution in [0.1, 0.15) is 25.7 Å². The maximum atomic E-state index is 12.1. The van der Waals surface area contributed by atoms with Crippen LogP contribution >= 0.6 is 0 Å². The number of nitrogens with one attached hydrogen (secondary N) is 1. The first-order chi connectivity index (χ1) is 9.10. The summed E-state index contributed by atoms with van der Waals surface area (Å²) < 4.78 is 1.65. The van der Waals surface area contributed by atoms with Crippen molar-refractivity contribution in [3.63, 3.8) is 0 Å². The van der Waals surface area contributed by atoms with Crippen LogP contribution in [0.3, 0.4) is 0 Å². The van der Waals surface area contributed by atoms with Crippen molar-refractivity contribution in [1.29, 1.82) is 0 Å². The van der Waals surface area contributed by atoms with E-state index < -0.39 is 0 Å². The van der Waals surface area contributed by atoms with Crippen LogP contribution in [0.15, 0.2) is 12.3 Å². The second kappa shape index (κ2) is 6.06. The van der Waals surface area contributed by atoms with Gasteiger partial charge in [-0.15, -0.1) is 0 Å². The highest BCUT2D eigenvalue weighted by Gasteiger charge is 2.26. The molecule has 1 saturated carbocycles. The average Bonchev–Trinajstić information content (AvgIpc) is 2.83. The fraction of sp³-hybridized carbons (Fsp3) is 0.692. The molecule has 0 spiro atoms. The first-order valence-electron chi connectivity index (χ1n) is 6.74. The summed E-state index contributed by atoms with van der Waals surface area (Å²) >= 11 is 0. The minimum atomic E-state index is -0.119. The lowest BCUT2D eigenvalue weighted by molar-refractivity contribution is 0.139. The topological polar surface area (TPSA) is 70.4 Å². The van der Waals surface area contributed by atoms with Crippen LogP contribution in [0.25, 0.3) is 0 Å². The molecule has 2 rings (SSSR count). The molecule has 6 nitrogen and oxygen atoms in total. The van der Waals surface area contributed by atoms with Crippen LogP contribution < -0.4 is 5.32 Å². The number of aliphatic hydroxyl groups excluding tert-OH is 1. The third kappa shape index (κ3) is 3.47. The summed E-state index contributed by atoms with van der Waals surface area (Å²) in [6.07, 6.45) is 5.68. The van der Waals surface area contributed by atoms with Crippen molar-refractivity contribution in [3.8, 4) is 0 Å². The zero-order chi connectivity index (χ0) is 13.8. The minimum absolute atomic E-state index is 0.119. The number of hydrogen-bond donors (Lipinski definition) is 2. The summed E-state index contributed by atoms with van der Waals surface area (Å²) in [5.74, 6) is 0.979. The number of aryl methyl sites for hydroxylation is 1. The van der Waals surface area contributed by atoms with Crippen LogP contribution in [0.4, 0.5) is 10.6 Å². The Morgan fingerprint density at radius 3 is 2.74 bits per heavy atom. The molecule has 0 aromatic carbocycles. The molecule has 2 amide bonds. The third-order valence-electron chi connectivity index (χ3n) is 3.89. The maximum Gasteiger partial charge on any atom is 0.323 e. The number of nitrogens with zero attached hydrogens (tertiary/aromatic N) is 3. The molecule has 1 aromatic heterocycles. The summed E-state index contributed by atoms with van der Waals surface area (Å²) in [6.45, 7) is 0.260. The molecule has 0 saturated heterocycles. The number of hydrogen-bond acceptors (Lipinski definition) is 3. The Morgan fingerprint density at radius 2 is 2.21 bits per heavy atom. The summed E-state index contributed by atoms with van der Waals surface area (Å²) in [4.78, 5) is 13.8. The molecule has 1 aromatic rings. The molecule has 1 fully saturated rings. The van der Waals surface area contributed by atoms with E-state index in [0.717, 1.165) is 25.7 Å². The van der Waals surface area contributed by atoms with Gasteiger partial charge < -0.3 is 10.0 Å². The quantitative estimate of drug-likeness (QED) is 0.869. The molecule has 106 valence electrons. The molecule has 6 heteroatoms. The highest BCUT2D eigenvalue weighted by atomic mass is 16.3. The number of anilines is 1. The number of rotatable bonds is 3. The lowest BCUT2D eigenvalue weighted by Crippen LogP contribution is -2.42. The van der Waals surface area contributed by atoms with Crippen LogP contribution in [0.5, 0.6) is 0 Å². The van der Waals surface area contributed by atoms with E-state index in [1.807, 2.05) is 14.1 Å². The highest BCUT2D eigenvalue weighted by molar-refractivity contribution is 5.88. The summed E-state index contributed by atoms with van der Waals surface area (Å²) in [6, 6.07) is 1.91. The van der Waals surface area contributed by atoms with Crippen molar-refractivity contribution in [2.24, 2.45) is 13.0 Å². The molecular formula is C13H22N4O2. The Morgan fingerprint density at radius 1 is 1.53 bits per heavy atom. The SMILES string of the molecule is CN(C(=O)Nc1ccn(C)n1)C1CCC(CO)CC1. The summed E-state index contributed by atoms with van der Waals surface area (Å²) in [7, 11) is 3.64. The zero-order valence-electron chi connectivity index (χ0n) is 11.5. The lowest BCUT2D eigenvalue weighted by atomic mass is 9.86. The molecule has 0 unspecified atom stereocenters. The normalized spacial score (nSPS) is 23.1. The molecule has 1 aliphatic carbocycles. The zero-order valence-corrected chi connectivity index (χ0v) is 11.5. The minimum Gasteiger partial charge on any atom is -0.396 e. The molecule has 1 heterocycles. The molecule has 2 N–H and O–H groups in total. The van der Waals surface area contributed by atoms with Gasteiger partial charge in [-0.1, -0.05) is 0 Å². The van der Waals surface area contributed by atoms with Crippen molar-refractivity contribution >= 4 is 11.8 Å². The number of carbonyl (C=O) groups is 1. The van der Waals surface area contributed by atoms with Gasteiger partial charge in [-0.3, -0.25) is 10.00 Å². The Labute approximate surface area is 113 Å². The Kier molecular flexibility index (Phi) is 4.42. The second-order valence-electron chi connectivity index (χ2n) is 5.27. The molecular weight excluding hydrogens is 244 g/mol. The van der Waals surface area contributed by atoms with Gasteiger partial charge in [-0.2, -0.15) is 5.10 Å². The van der Waals surface area contributed by atoms with Gasteiger partial charge in [0.05, 0.1) is 0 Å². The number of aliphatic hydroxyl groups is 1. The average molecular weight is 266 g/mol. The van der Waals surface area contributed by atoms with E-state index in [1.54, 1.807) is 21.8 Å². The predicted molar refractivity (Wildman–Crippen MR) is 72.8 cm³/mol. The Balaban J connectivity index is 1.85. The standard InChI is InChI=1S/C13H22N4O2/c1-16-8-7-12(15-16)14-13(19)17(2)11-5-3-10(9-18)4-6-11/h7-8,10-11,18H,3-6,9H2,1-2H3,(H,14,15,19). The van der Waals surface area contributed by atoms with Gasteiger partial charge in [0.25, 0.3) is 0 Å². The van der Waals surface area contributed by atoms with Gasteiger partial charge >= 0.3 is 6.03 Å². The molecule has 1 aliphatic rings. The first-order valence-corrected chi connectivity index (χ1v) is 6.74. The van der Waals surface area contributed by atoms with Crippen LogP contribution in [0.2, 0.25) is 0 Å². The van der Waals surface area contributed by atoms with Gasteiger partial charge in [-0.25, -0.2) is 4.79 Å². The molecule has 0 bridgehead atoms. The number of urea groups is 1. The van der Waals surface area contributed by atoms with E-state index in [1.165, 1.54) is 0 Å². The molecule has 19 heavy (non-hydrogen) atoms. The van der Waals surface area contributed by atoms with Crippen LogP contribution in [-0.2, 0) is 7.05 Å². The largest absolute Gasteiger partial charge is 0.396 e. The van der Waals surface area contributed by atoms with Crippen molar-refractivity contribution in [2.75, 3.05) is 19.0 Å². The van der Waals surface area contributed by atoms with E-state index in [9.17, 15) is 4.79 Å². The van der Waals surface area contributed by atoms with Gasteiger partial charge in [0.15, 0.2) is 5.82 Å². The monoisotopic (exact) mass is 266 g/mol.